The number of rotatable bonds is 3. The summed E-state index contributed by atoms with van der Waals surface area (Å²) in [6.45, 7) is 1.53. The number of hydrazine groups is 1. The van der Waals surface area contributed by atoms with E-state index in [2.05, 4.69) is 21.5 Å². The molecule has 1 aromatic rings. The summed E-state index contributed by atoms with van der Waals surface area (Å²) in [5, 5.41) is 7.66. The van der Waals surface area contributed by atoms with Crippen molar-refractivity contribution in [3.8, 4) is 0 Å². The van der Waals surface area contributed by atoms with Crippen molar-refractivity contribution >= 4 is 51.9 Å². The van der Waals surface area contributed by atoms with E-state index in [9.17, 15) is 0 Å². The molecule has 5 nitrogen and oxygen atoms in total. The van der Waals surface area contributed by atoms with Gasteiger partial charge in [-0.2, -0.15) is 0 Å². The fourth-order valence-electron chi connectivity index (χ4n) is 1.87. The smallest absolute Gasteiger partial charge is 0.189 e. The highest BCUT2D eigenvalue weighted by atomic mass is 35.5. The summed E-state index contributed by atoms with van der Waals surface area (Å²) in [4.78, 5) is 0. The molecule has 8 heteroatoms. The fourth-order valence-corrected chi connectivity index (χ4v) is 2.29. The number of benzene rings is 1. The van der Waals surface area contributed by atoms with Gasteiger partial charge < -0.3 is 15.4 Å². The lowest BCUT2D eigenvalue weighted by Crippen LogP contribution is -2.49. The van der Waals surface area contributed by atoms with Gasteiger partial charge in [0.25, 0.3) is 0 Å². The van der Waals surface area contributed by atoms with Crippen LogP contribution in [0, 0.1) is 0 Å². The highest BCUT2D eigenvalue weighted by molar-refractivity contribution is 7.80. The van der Waals surface area contributed by atoms with Crippen LogP contribution in [0.15, 0.2) is 24.3 Å². The molecule has 0 radical (unpaired) electrons. The van der Waals surface area contributed by atoms with E-state index in [-0.39, 0.29) is 6.10 Å². The van der Waals surface area contributed by atoms with Gasteiger partial charge in [-0.25, -0.2) is 0 Å². The second-order valence-corrected chi connectivity index (χ2v) is 5.81. The van der Waals surface area contributed by atoms with Crippen molar-refractivity contribution in [1.29, 1.82) is 0 Å². The number of hydrogen-bond donors (Lipinski definition) is 4. The monoisotopic (exact) mass is 344 g/mol. The molecule has 21 heavy (non-hydrogen) atoms. The predicted octanol–water partition coefficient (Wildman–Crippen LogP) is 2.18. The zero-order chi connectivity index (χ0) is 15.1. The van der Waals surface area contributed by atoms with Gasteiger partial charge in [0.05, 0.1) is 6.10 Å². The molecule has 0 aromatic heterocycles. The minimum absolute atomic E-state index is 0.240. The lowest BCUT2D eigenvalue weighted by atomic mass is 10.2. The molecule has 0 unspecified atom stereocenters. The van der Waals surface area contributed by atoms with Gasteiger partial charge in [0.2, 0.25) is 0 Å². The second-order valence-electron chi connectivity index (χ2n) is 4.56. The van der Waals surface area contributed by atoms with Crippen LogP contribution in [0.5, 0.6) is 0 Å². The molecule has 0 saturated carbocycles. The van der Waals surface area contributed by atoms with Crippen LogP contribution in [0.25, 0.3) is 0 Å². The molecular weight excluding hydrogens is 328 g/mol. The van der Waals surface area contributed by atoms with Crippen LogP contribution >= 0.6 is 36.0 Å². The summed E-state index contributed by atoms with van der Waals surface area (Å²) >= 11 is 16.1. The van der Waals surface area contributed by atoms with Crippen LogP contribution in [0.2, 0.25) is 5.02 Å². The second kappa shape index (κ2) is 8.33. The SMILES string of the molecule is S=C(NC[C@H]1CCCO1)NNC(=S)Nc1ccc(Cl)cc1. The maximum absolute atomic E-state index is 5.82. The summed E-state index contributed by atoms with van der Waals surface area (Å²) in [7, 11) is 0. The van der Waals surface area contributed by atoms with E-state index in [1.807, 2.05) is 12.1 Å². The molecule has 0 aliphatic carbocycles. The third kappa shape index (κ3) is 6.01. The van der Waals surface area contributed by atoms with Crippen molar-refractivity contribution in [1.82, 2.24) is 16.2 Å². The number of ether oxygens (including phenoxy) is 1. The van der Waals surface area contributed by atoms with Crippen molar-refractivity contribution in [2.24, 2.45) is 0 Å². The third-order valence-corrected chi connectivity index (χ3v) is 3.61. The van der Waals surface area contributed by atoms with E-state index in [4.69, 9.17) is 40.8 Å². The zero-order valence-corrected chi connectivity index (χ0v) is 13.7. The summed E-state index contributed by atoms with van der Waals surface area (Å²) in [6.07, 6.45) is 2.42. The van der Waals surface area contributed by atoms with Gasteiger partial charge in [-0.05, 0) is 61.5 Å². The Morgan fingerprint density at radius 1 is 1.19 bits per heavy atom. The molecule has 1 aromatic carbocycles. The van der Waals surface area contributed by atoms with Crippen LogP contribution < -0.4 is 21.5 Å². The van der Waals surface area contributed by atoms with Crippen LogP contribution in [-0.2, 0) is 4.74 Å². The third-order valence-electron chi connectivity index (χ3n) is 2.91. The number of nitrogens with one attached hydrogen (secondary N) is 4. The molecule has 0 spiro atoms. The van der Waals surface area contributed by atoms with E-state index in [0.717, 1.165) is 25.1 Å². The van der Waals surface area contributed by atoms with E-state index >= 15 is 0 Å². The van der Waals surface area contributed by atoms with E-state index < -0.39 is 0 Å². The highest BCUT2D eigenvalue weighted by Gasteiger charge is 2.15. The van der Waals surface area contributed by atoms with Crippen LogP contribution in [-0.4, -0.2) is 29.5 Å². The summed E-state index contributed by atoms with van der Waals surface area (Å²) in [5.74, 6) is 0. The van der Waals surface area contributed by atoms with E-state index in [0.29, 0.717) is 21.8 Å². The summed E-state index contributed by atoms with van der Waals surface area (Å²) in [5.41, 5.74) is 6.48. The Hall–Kier alpha value is -1.15. The van der Waals surface area contributed by atoms with Gasteiger partial charge in [0, 0.05) is 23.9 Å². The molecular formula is C13H17ClN4OS2. The van der Waals surface area contributed by atoms with Gasteiger partial charge in [-0.15, -0.1) is 0 Å². The number of thiocarbonyl (C=S) groups is 2. The molecule has 114 valence electrons. The predicted molar refractivity (Wildman–Crippen MR) is 93.5 cm³/mol. The van der Waals surface area contributed by atoms with Crippen LogP contribution in [0.3, 0.4) is 0 Å². The highest BCUT2D eigenvalue weighted by Crippen LogP contribution is 2.13. The number of halogens is 1. The molecule has 1 atom stereocenters. The summed E-state index contributed by atoms with van der Waals surface area (Å²) < 4.78 is 5.50. The Morgan fingerprint density at radius 3 is 2.57 bits per heavy atom. The quantitative estimate of drug-likeness (QED) is 0.495. The maximum atomic E-state index is 5.82. The Morgan fingerprint density at radius 2 is 1.90 bits per heavy atom. The van der Waals surface area contributed by atoms with Gasteiger partial charge in [0.1, 0.15) is 0 Å². The average molecular weight is 345 g/mol. The van der Waals surface area contributed by atoms with Crippen LogP contribution in [0.4, 0.5) is 5.69 Å². The molecule has 1 fully saturated rings. The fraction of sp³-hybridized carbons (Fsp3) is 0.385. The van der Waals surface area contributed by atoms with Crippen molar-refractivity contribution in [3.63, 3.8) is 0 Å². The molecule has 1 saturated heterocycles. The molecule has 2 rings (SSSR count). The Balaban J connectivity index is 1.63. The molecule has 1 aliphatic rings. The molecule has 0 bridgehead atoms. The minimum atomic E-state index is 0.240. The largest absolute Gasteiger partial charge is 0.376 e. The number of hydrogen-bond acceptors (Lipinski definition) is 3. The summed E-state index contributed by atoms with van der Waals surface area (Å²) in [6, 6.07) is 7.25. The molecule has 0 amide bonds. The molecule has 4 N–H and O–H groups in total. The maximum Gasteiger partial charge on any atom is 0.189 e. The topological polar surface area (TPSA) is 57.4 Å². The van der Waals surface area contributed by atoms with E-state index in [1.54, 1.807) is 12.1 Å². The standard InChI is InChI=1S/C13H17ClN4OS2/c14-9-3-5-10(6-4-9)16-13(21)18-17-12(20)15-8-11-2-1-7-19-11/h3-6,11H,1-2,7-8H2,(H2,15,17,20)(H2,16,18,21)/t11-/m1/s1. The zero-order valence-electron chi connectivity index (χ0n) is 11.3. The molecule has 1 heterocycles. The Kier molecular flexibility index (Phi) is 6.44. The van der Waals surface area contributed by atoms with Crippen molar-refractivity contribution < 1.29 is 4.74 Å². The Bertz CT molecular complexity index is 491. The van der Waals surface area contributed by atoms with Crippen molar-refractivity contribution in [3.05, 3.63) is 29.3 Å². The molecule has 1 aliphatic heterocycles. The first-order valence-electron chi connectivity index (χ1n) is 6.61. The van der Waals surface area contributed by atoms with E-state index in [1.165, 1.54) is 0 Å². The van der Waals surface area contributed by atoms with Gasteiger partial charge in [-0.1, -0.05) is 11.6 Å². The lowest BCUT2D eigenvalue weighted by Gasteiger charge is -2.16. The lowest BCUT2D eigenvalue weighted by molar-refractivity contribution is 0.114. The first-order valence-corrected chi connectivity index (χ1v) is 7.81. The minimum Gasteiger partial charge on any atom is -0.376 e. The number of anilines is 1. The van der Waals surface area contributed by atoms with Crippen molar-refractivity contribution in [2.45, 2.75) is 18.9 Å². The van der Waals surface area contributed by atoms with Gasteiger partial charge in [-0.3, -0.25) is 10.9 Å². The Labute approximate surface area is 139 Å². The first-order chi connectivity index (χ1) is 10.1. The normalized spacial score (nSPS) is 17.1. The average Bonchev–Trinajstić information content (AvgIpc) is 2.99. The van der Waals surface area contributed by atoms with Crippen molar-refractivity contribution in [2.75, 3.05) is 18.5 Å². The van der Waals surface area contributed by atoms with Gasteiger partial charge >= 0.3 is 0 Å². The first kappa shape index (κ1) is 16.2. The van der Waals surface area contributed by atoms with Gasteiger partial charge in [0.15, 0.2) is 10.2 Å². The van der Waals surface area contributed by atoms with Crippen LogP contribution in [0.1, 0.15) is 12.8 Å².